The molecule has 1 N–H and O–H groups in total. The largest absolute Gasteiger partial charge is 0.352 e. The standard InChI is InChI=1S/C31H35ClFN3O4S/c1-3-29(31(38)34-26-6-4-5-7-26)35(20-23-10-12-24(32)13-11-23)30(37)21-36(27-16-14-25(33)15-17-27)41(39,40)28-18-8-22(2)9-19-28/h8-19,26,29H,3-7,20-21H2,1-2H3,(H,34,38)/t29-/m1/s1. The number of aryl methyl sites for hydroxylation is 1. The average Bonchev–Trinajstić information content (AvgIpc) is 3.46. The van der Waals surface area contributed by atoms with E-state index in [2.05, 4.69) is 5.32 Å². The second-order valence-electron chi connectivity index (χ2n) is 10.4. The lowest BCUT2D eigenvalue weighted by Gasteiger charge is -2.33. The van der Waals surface area contributed by atoms with Gasteiger partial charge in [-0.15, -0.1) is 0 Å². The Bertz CT molecular complexity index is 1440. The van der Waals surface area contributed by atoms with Crippen molar-refractivity contribution < 1.29 is 22.4 Å². The van der Waals surface area contributed by atoms with Crippen LogP contribution in [-0.4, -0.2) is 43.8 Å². The van der Waals surface area contributed by atoms with E-state index < -0.39 is 34.3 Å². The molecule has 0 aromatic heterocycles. The number of carbonyl (C=O) groups excluding carboxylic acids is 2. The summed E-state index contributed by atoms with van der Waals surface area (Å²) in [6.45, 7) is 3.16. The predicted octanol–water partition coefficient (Wildman–Crippen LogP) is 5.85. The lowest BCUT2D eigenvalue weighted by Crippen LogP contribution is -2.53. The first-order valence-corrected chi connectivity index (χ1v) is 15.6. The van der Waals surface area contributed by atoms with Gasteiger partial charge in [0.05, 0.1) is 10.6 Å². The van der Waals surface area contributed by atoms with Crippen LogP contribution in [0.5, 0.6) is 0 Å². The molecule has 1 fully saturated rings. The maximum absolute atomic E-state index is 14.1. The van der Waals surface area contributed by atoms with E-state index in [0.29, 0.717) is 11.4 Å². The van der Waals surface area contributed by atoms with E-state index >= 15 is 0 Å². The first-order chi connectivity index (χ1) is 19.6. The molecule has 1 atom stereocenters. The van der Waals surface area contributed by atoms with Gasteiger partial charge in [-0.3, -0.25) is 13.9 Å². The Hall–Kier alpha value is -3.43. The van der Waals surface area contributed by atoms with Gasteiger partial charge in [-0.25, -0.2) is 12.8 Å². The van der Waals surface area contributed by atoms with Crippen LogP contribution >= 0.6 is 11.6 Å². The highest BCUT2D eigenvalue weighted by Crippen LogP contribution is 2.26. The number of anilines is 1. The third kappa shape index (κ3) is 7.65. The maximum atomic E-state index is 14.1. The number of nitrogens with one attached hydrogen (secondary N) is 1. The lowest BCUT2D eigenvalue weighted by molar-refractivity contribution is -0.140. The van der Waals surface area contributed by atoms with Gasteiger partial charge in [0.2, 0.25) is 11.8 Å². The summed E-state index contributed by atoms with van der Waals surface area (Å²) < 4.78 is 42.5. The molecular weight excluding hydrogens is 565 g/mol. The van der Waals surface area contributed by atoms with Crippen molar-refractivity contribution in [1.82, 2.24) is 10.2 Å². The molecule has 10 heteroatoms. The van der Waals surface area contributed by atoms with E-state index in [1.54, 1.807) is 36.4 Å². The van der Waals surface area contributed by atoms with Gasteiger partial charge in [-0.05, 0) is 80.3 Å². The maximum Gasteiger partial charge on any atom is 0.264 e. The van der Waals surface area contributed by atoms with Crippen molar-refractivity contribution in [3.8, 4) is 0 Å². The molecule has 41 heavy (non-hydrogen) atoms. The van der Waals surface area contributed by atoms with Crippen LogP contribution in [0.25, 0.3) is 0 Å². The van der Waals surface area contributed by atoms with E-state index in [9.17, 15) is 22.4 Å². The minimum atomic E-state index is -4.22. The first-order valence-electron chi connectivity index (χ1n) is 13.8. The Kier molecular flexibility index (Phi) is 10.0. The second kappa shape index (κ2) is 13.5. The van der Waals surface area contributed by atoms with E-state index in [4.69, 9.17) is 11.6 Å². The summed E-state index contributed by atoms with van der Waals surface area (Å²) in [5, 5.41) is 3.62. The number of hydrogen-bond donors (Lipinski definition) is 1. The summed E-state index contributed by atoms with van der Waals surface area (Å²) in [5.74, 6) is -1.36. The van der Waals surface area contributed by atoms with Crippen LogP contribution in [-0.2, 0) is 26.2 Å². The van der Waals surface area contributed by atoms with Crippen LogP contribution in [0.3, 0.4) is 0 Å². The monoisotopic (exact) mass is 599 g/mol. The molecule has 0 radical (unpaired) electrons. The van der Waals surface area contributed by atoms with Gasteiger partial charge in [-0.1, -0.05) is 61.2 Å². The van der Waals surface area contributed by atoms with Crippen LogP contribution in [0.2, 0.25) is 5.02 Å². The van der Waals surface area contributed by atoms with E-state index in [-0.39, 0.29) is 29.1 Å². The van der Waals surface area contributed by atoms with Crippen LogP contribution in [0.15, 0.2) is 77.7 Å². The van der Waals surface area contributed by atoms with Crippen LogP contribution in [0, 0.1) is 12.7 Å². The number of benzene rings is 3. The second-order valence-corrected chi connectivity index (χ2v) is 12.7. The third-order valence-electron chi connectivity index (χ3n) is 7.36. The van der Waals surface area contributed by atoms with Crippen molar-refractivity contribution in [2.75, 3.05) is 10.8 Å². The highest BCUT2D eigenvalue weighted by molar-refractivity contribution is 7.92. The van der Waals surface area contributed by atoms with Gasteiger partial charge in [0, 0.05) is 17.6 Å². The molecule has 0 saturated heterocycles. The quantitative estimate of drug-likeness (QED) is 0.300. The Labute approximate surface area is 246 Å². The van der Waals surface area contributed by atoms with Gasteiger partial charge in [0.15, 0.2) is 0 Å². The van der Waals surface area contributed by atoms with Crippen molar-refractivity contribution in [3.63, 3.8) is 0 Å². The van der Waals surface area contributed by atoms with Crippen molar-refractivity contribution in [2.24, 2.45) is 0 Å². The normalized spacial score (nSPS) is 14.4. The number of halogens is 2. The predicted molar refractivity (Wildman–Crippen MR) is 159 cm³/mol. The Balaban J connectivity index is 1.70. The molecule has 4 rings (SSSR count). The summed E-state index contributed by atoms with van der Waals surface area (Å²) in [7, 11) is -4.22. The third-order valence-corrected chi connectivity index (χ3v) is 9.40. The minimum absolute atomic E-state index is 0.00417. The Morgan fingerprint density at radius 1 is 0.976 bits per heavy atom. The highest BCUT2D eigenvalue weighted by Gasteiger charge is 2.34. The zero-order valence-corrected chi connectivity index (χ0v) is 24.8. The van der Waals surface area contributed by atoms with Crippen LogP contribution in [0.4, 0.5) is 10.1 Å². The summed E-state index contributed by atoms with van der Waals surface area (Å²) in [5.41, 5.74) is 1.75. The Morgan fingerprint density at radius 2 is 1.59 bits per heavy atom. The van der Waals surface area contributed by atoms with Crippen molar-refractivity contribution >= 4 is 39.1 Å². The number of rotatable bonds is 11. The van der Waals surface area contributed by atoms with Crippen LogP contribution < -0.4 is 9.62 Å². The number of nitrogens with zero attached hydrogens (tertiary/aromatic N) is 2. The molecule has 0 unspecified atom stereocenters. The van der Waals surface area contributed by atoms with Gasteiger partial charge in [0.1, 0.15) is 18.4 Å². The van der Waals surface area contributed by atoms with E-state index in [1.165, 1.54) is 29.2 Å². The summed E-state index contributed by atoms with van der Waals surface area (Å²) in [4.78, 5) is 29.0. The first kappa shape index (κ1) is 30.5. The van der Waals surface area contributed by atoms with E-state index in [1.807, 2.05) is 13.8 Å². The fraction of sp³-hybridized carbons (Fsp3) is 0.355. The van der Waals surface area contributed by atoms with Crippen molar-refractivity contribution in [1.29, 1.82) is 0 Å². The lowest BCUT2D eigenvalue weighted by atomic mass is 10.1. The van der Waals surface area contributed by atoms with Gasteiger partial charge < -0.3 is 10.2 Å². The zero-order valence-electron chi connectivity index (χ0n) is 23.2. The molecule has 1 aliphatic rings. The molecule has 3 aromatic rings. The average molecular weight is 600 g/mol. The fourth-order valence-corrected chi connectivity index (χ4v) is 6.59. The van der Waals surface area contributed by atoms with E-state index in [0.717, 1.165) is 53.2 Å². The molecule has 2 amide bonds. The smallest absolute Gasteiger partial charge is 0.264 e. The number of amides is 2. The summed E-state index contributed by atoms with van der Waals surface area (Å²) >= 11 is 6.07. The van der Waals surface area contributed by atoms with Gasteiger partial charge in [-0.2, -0.15) is 0 Å². The molecule has 0 aliphatic heterocycles. The highest BCUT2D eigenvalue weighted by atomic mass is 35.5. The van der Waals surface area contributed by atoms with Gasteiger partial charge >= 0.3 is 0 Å². The molecule has 0 bridgehead atoms. The summed E-state index contributed by atoms with van der Waals surface area (Å²) in [6.07, 6.45) is 4.19. The minimum Gasteiger partial charge on any atom is -0.352 e. The molecule has 7 nitrogen and oxygen atoms in total. The molecule has 218 valence electrons. The topological polar surface area (TPSA) is 86.8 Å². The molecule has 3 aromatic carbocycles. The zero-order chi connectivity index (χ0) is 29.6. The number of sulfonamides is 1. The Morgan fingerprint density at radius 3 is 2.17 bits per heavy atom. The van der Waals surface area contributed by atoms with Crippen molar-refractivity contribution in [2.45, 2.75) is 69.5 Å². The van der Waals surface area contributed by atoms with Crippen molar-refractivity contribution in [3.05, 3.63) is 94.8 Å². The molecule has 1 aliphatic carbocycles. The fourth-order valence-electron chi connectivity index (χ4n) is 5.05. The molecule has 0 heterocycles. The van der Waals surface area contributed by atoms with Crippen LogP contribution in [0.1, 0.15) is 50.2 Å². The number of carbonyl (C=O) groups is 2. The molecule has 0 spiro atoms. The molecular formula is C31H35ClFN3O4S. The van der Waals surface area contributed by atoms with Gasteiger partial charge in [0.25, 0.3) is 10.0 Å². The SMILES string of the molecule is CC[C@H](C(=O)NC1CCCC1)N(Cc1ccc(Cl)cc1)C(=O)CN(c1ccc(F)cc1)S(=O)(=O)c1ccc(C)cc1. The summed E-state index contributed by atoms with van der Waals surface area (Å²) in [6, 6.07) is 17.4. The molecule has 1 saturated carbocycles. The number of hydrogen-bond acceptors (Lipinski definition) is 4.